The van der Waals surface area contributed by atoms with Crippen LogP contribution in [0.25, 0.3) is 0 Å². The summed E-state index contributed by atoms with van der Waals surface area (Å²) >= 11 is 18.0. The minimum atomic E-state index is -3.75. The number of anilines is 5. The monoisotopic (exact) mass is 2450 g/mol. The zero-order valence-corrected chi connectivity index (χ0v) is 89.7. The van der Waals surface area contributed by atoms with Crippen LogP contribution in [0.4, 0.5) is 79.5 Å². The second-order valence-electron chi connectivity index (χ2n) is 34.5. The highest BCUT2D eigenvalue weighted by Crippen LogP contribution is 2.36. The Kier molecular flexibility index (Phi) is 41.5. The third-order valence-electron chi connectivity index (χ3n) is 22.2. The highest BCUT2D eigenvalue weighted by Gasteiger charge is 2.42. The number of aliphatic imine (C=N–C) groups is 5. The second-order valence-corrected chi connectivity index (χ2v) is 46.4. The summed E-state index contributed by atoms with van der Waals surface area (Å²) in [7, 11) is -18.2. The summed E-state index contributed by atoms with van der Waals surface area (Å²) in [5, 5.41) is 115. The Hall–Kier alpha value is -10.8. The molecule has 5 aliphatic heterocycles. The molecule has 148 heavy (non-hydrogen) atoms. The van der Waals surface area contributed by atoms with E-state index in [9.17, 15) is 90.1 Å². The van der Waals surface area contributed by atoms with Crippen LogP contribution in [0.1, 0.15) is 102 Å². The molecule has 5 aromatic heterocycles. The summed E-state index contributed by atoms with van der Waals surface area (Å²) in [6, 6.07) is 19.7. The number of hydrogen-bond donors (Lipinski definition) is 20. The maximum absolute atomic E-state index is 13.4. The molecular weight excluding hydrogens is 2360 g/mol. The molecule has 55 nitrogen and oxygen atoms in total. The third-order valence-corrected chi connectivity index (χ3v) is 31.6. The molecule has 0 spiro atoms. The van der Waals surface area contributed by atoms with Crippen molar-refractivity contribution in [2.45, 2.75) is 85.7 Å². The number of nitrogens with zero attached hydrogens (tertiary/aromatic N) is 20. The van der Waals surface area contributed by atoms with Crippen molar-refractivity contribution >= 4 is 213 Å². The topological polar surface area (TPSA) is 767 Å². The van der Waals surface area contributed by atoms with E-state index in [2.05, 4.69) is 176 Å². The summed E-state index contributed by atoms with van der Waals surface area (Å²) in [6.45, 7) is 16.1. The van der Waals surface area contributed by atoms with E-state index in [0.717, 1.165) is 6.07 Å². The van der Waals surface area contributed by atoms with Gasteiger partial charge in [-0.1, -0.05) is 25.4 Å². The number of rotatable bonds is 34. The Balaban J connectivity index is 0.000000176. The summed E-state index contributed by atoms with van der Waals surface area (Å²) in [5.41, 5.74) is 11.0. The molecule has 15 rings (SSSR count). The number of amidine groups is 5. The summed E-state index contributed by atoms with van der Waals surface area (Å²) in [5.74, 6) is -1.65. The van der Waals surface area contributed by atoms with Gasteiger partial charge in [-0.15, -0.1) is 0 Å². The van der Waals surface area contributed by atoms with Crippen LogP contribution in [0, 0.1) is 57.7 Å². The van der Waals surface area contributed by atoms with Crippen molar-refractivity contribution in [3.8, 4) is 0 Å². The van der Waals surface area contributed by atoms with Crippen LogP contribution >= 0.6 is 75.3 Å². The molecule has 23 N–H and O–H groups in total. The number of hydroxylamine groups is 5. The molecule has 5 fully saturated rings. The number of nitrogens with one attached hydrogen (secondary N) is 12. The van der Waals surface area contributed by atoms with Crippen LogP contribution in [0.2, 0.25) is 5.02 Å². The average Bonchev–Trinajstić information content (AvgIpc) is 1.66. The second kappa shape index (κ2) is 52.3. The lowest BCUT2D eigenvalue weighted by Crippen LogP contribution is -2.42. The normalized spacial score (nSPS) is 19.2. The molecule has 0 radical (unpaired) electrons. The quantitative estimate of drug-likeness (QED) is 0.00799. The smallest absolute Gasteiger partial charge is 0.279 e. The van der Waals surface area contributed by atoms with Gasteiger partial charge in [0, 0.05) is 110 Å². The number of benzene rings is 5. The summed E-state index contributed by atoms with van der Waals surface area (Å²) in [6.07, 6.45) is 3.17. The zero-order chi connectivity index (χ0) is 108. The first-order valence-corrected chi connectivity index (χ1v) is 54.7. The Labute approximate surface area is 880 Å². The highest BCUT2D eigenvalue weighted by molar-refractivity contribution is 9.11. The molecule has 0 bridgehead atoms. The zero-order valence-electron chi connectivity index (χ0n) is 78.5. The lowest BCUT2D eigenvalue weighted by atomic mass is 9.90. The van der Waals surface area contributed by atoms with Gasteiger partial charge in [0.1, 0.15) is 29.1 Å². The van der Waals surface area contributed by atoms with Gasteiger partial charge >= 0.3 is 0 Å². The summed E-state index contributed by atoms with van der Waals surface area (Å²) in [4.78, 5) is 20.8. The van der Waals surface area contributed by atoms with Gasteiger partial charge in [0.2, 0.25) is 29.1 Å². The van der Waals surface area contributed by atoms with Crippen molar-refractivity contribution in [2.24, 2.45) is 69.0 Å². The lowest BCUT2D eigenvalue weighted by molar-refractivity contribution is 0.233. The Bertz CT molecular complexity index is 6710. The molecule has 10 heterocycles. The van der Waals surface area contributed by atoms with Crippen molar-refractivity contribution < 1.29 is 113 Å². The fraction of sp³-hybridized carbons (Fsp3) is 0.423. The van der Waals surface area contributed by atoms with Gasteiger partial charge in [0.05, 0.1) is 51.4 Å². The van der Waals surface area contributed by atoms with Gasteiger partial charge < -0.3 is 26.6 Å². The molecule has 0 amide bonds. The number of nitrogens with two attached hydrogens (primary N) is 3. The van der Waals surface area contributed by atoms with E-state index in [-0.39, 0.29) is 165 Å². The van der Waals surface area contributed by atoms with E-state index in [4.69, 9.17) is 50.2 Å². The largest absolute Gasteiger partial charge is 0.365 e. The van der Waals surface area contributed by atoms with Crippen LogP contribution in [0.3, 0.4) is 0 Å². The van der Waals surface area contributed by atoms with Gasteiger partial charge in [0.15, 0.2) is 57.6 Å². The van der Waals surface area contributed by atoms with Crippen LogP contribution in [0.5, 0.6) is 0 Å². The fourth-order valence-electron chi connectivity index (χ4n) is 14.7. The van der Waals surface area contributed by atoms with E-state index in [1.54, 1.807) is 27.7 Å². The molecule has 0 aliphatic carbocycles. The predicted molar refractivity (Wildman–Crippen MR) is 539 cm³/mol. The SMILES string of the molecule is CC(C)NS(=O)(=O)N1CC[C@@H](CNc2nonc2C(=Nc2ccc(F)c(Br)c2)NO)C1.CC(C)NS(=O)(=O)N1CC[C@H](CNc2nonc2C(=Nc2ccc(F)c(Br)c2)NO)C1.C[C@@]1(CNc2nonc2C(=Nc2ccc(F)c(Br)c2)NO)CCN(S(N)(=O)=O)C1.C[C@@]1(CNc2nonc2C(=Nc2ccc(F)c(Br)c2)NO)CCN(S(N)(=O)=O)C1.NS(=O)(=O)N1CC[C@H](CNc2nonc2C(=Nc2ccc(F)c(Cl)c2)NO)C1. The van der Waals surface area contributed by atoms with Crippen LogP contribution in [0.15, 0.2) is 157 Å². The van der Waals surface area contributed by atoms with E-state index in [1.807, 2.05) is 41.2 Å². The first kappa shape index (κ1) is 117. The van der Waals surface area contributed by atoms with Crippen LogP contribution in [-0.2, 0) is 51.0 Å². The van der Waals surface area contributed by atoms with Crippen LogP contribution < -0.4 is 78.8 Å². The molecular formula is C78H101Br4ClF5N35O20S5. The van der Waals surface area contributed by atoms with E-state index >= 15 is 0 Å². The Morgan fingerprint density at radius 2 is 0.628 bits per heavy atom. The minimum Gasteiger partial charge on any atom is -0.365 e. The van der Waals surface area contributed by atoms with Crippen molar-refractivity contribution in [3.63, 3.8) is 0 Å². The molecule has 5 aliphatic rings. The van der Waals surface area contributed by atoms with Crippen molar-refractivity contribution in [1.29, 1.82) is 0 Å². The van der Waals surface area contributed by atoms with E-state index < -0.39 is 91.0 Å². The van der Waals surface area contributed by atoms with Crippen molar-refractivity contribution in [2.75, 3.05) is 125 Å². The molecule has 5 aromatic carbocycles. The third kappa shape index (κ3) is 33.3. The van der Waals surface area contributed by atoms with Crippen molar-refractivity contribution in [3.05, 3.63) is 171 Å². The first-order valence-electron chi connectivity index (χ1n) is 43.8. The fourth-order valence-corrected chi connectivity index (χ4v) is 21.8. The number of halogens is 10. The molecule has 0 unspecified atom stereocenters. The lowest BCUT2D eigenvalue weighted by Gasteiger charge is -2.24. The first-order chi connectivity index (χ1) is 69.9. The maximum atomic E-state index is 13.4. The highest BCUT2D eigenvalue weighted by atomic mass is 79.9. The number of hydrogen-bond acceptors (Lipinski definition) is 40. The standard InChI is InChI=1S/2C17H23BrFN7O4S.2C15H19BrFN7O4S.C14H17ClFN7O4S/c2*1-10(2)25-31(28,29)26-6-5-11(9-26)8-20-16-15(23-30-24-16)17(22-27)21-12-3-4-14(19)13(18)7-12;2*1-15(4-5-24(8-15)29(18,26)27)7-19-13-12(22-28-23-13)14(21-25)20-9-2-3-11(17)10(16)6-9;15-10-5-9(1-2-11(10)16)19-14(20-24)12-13(22-27-21-12)18-6-8-3-4-23(7-8)28(17,25)26/h2*3-4,7,10-11,25,27H,5-6,8-9H2,1-2H3,(H,20,24)(H,21,22);2*2-3,6,25H,4-5,7-8H2,1H3,(H,19,23)(H,20,21)(H2,18,26,27);1-2,5,8,24H,3-4,6-7H2,(H,18,22)(H,19,20)(H2,17,25,26)/t2*11-;2*15-;8-/m10001/s1. The molecule has 0 saturated carbocycles. The Morgan fingerprint density at radius 1 is 0.385 bits per heavy atom. The van der Waals surface area contributed by atoms with E-state index in [0.29, 0.717) is 133 Å². The molecule has 5 atom stereocenters. The Morgan fingerprint density at radius 3 is 0.858 bits per heavy atom. The van der Waals surface area contributed by atoms with Gasteiger partial charge in [-0.25, -0.2) is 85.5 Å². The van der Waals surface area contributed by atoms with Gasteiger partial charge in [-0.05, 0) is 295 Å². The molecule has 70 heteroatoms. The maximum Gasteiger partial charge on any atom is 0.279 e. The van der Waals surface area contributed by atoms with Gasteiger partial charge in [-0.3, -0.25) is 53.4 Å². The van der Waals surface area contributed by atoms with E-state index in [1.165, 1.54) is 106 Å². The van der Waals surface area contributed by atoms with Crippen LogP contribution in [-0.4, -0.2) is 281 Å². The van der Waals surface area contributed by atoms with Gasteiger partial charge in [-0.2, -0.15) is 73.1 Å². The number of aromatic nitrogens is 10. The van der Waals surface area contributed by atoms with Crippen molar-refractivity contribution in [1.82, 2.24) is 110 Å². The molecule has 5 saturated heterocycles. The average molecular weight is 2460 g/mol. The van der Waals surface area contributed by atoms with Gasteiger partial charge in [0.25, 0.3) is 51.0 Å². The minimum absolute atomic E-state index is 0.00116. The molecule has 808 valence electrons. The molecule has 10 aromatic rings. The summed E-state index contributed by atoms with van der Waals surface area (Å²) < 4.78 is 221. The predicted octanol–water partition coefficient (Wildman–Crippen LogP) is 7.58.